The topological polar surface area (TPSA) is 150 Å². The van der Waals surface area contributed by atoms with Crippen LogP contribution < -0.4 is 11.1 Å². The molecule has 0 saturated heterocycles. The number of rotatable bonds is 5. The Morgan fingerprint density at radius 1 is 1.18 bits per heavy atom. The van der Waals surface area contributed by atoms with Crippen LogP contribution in [0.4, 0.5) is 19.4 Å². The molecule has 198 valence electrons. The summed E-state index contributed by atoms with van der Waals surface area (Å²) in [5.74, 6) is 3.97. The molecule has 0 radical (unpaired) electrons. The lowest BCUT2D eigenvalue weighted by Crippen LogP contribution is -2.30. The fourth-order valence-electron chi connectivity index (χ4n) is 4.34. The molecule has 11 heteroatoms. The number of nitrogens with zero attached hydrogens (tertiary/aromatic N) is 4. The fraction of sp³-hybridized carbons (Fsp3) is 0.214. The van der Waals surface area contributed by atoms with Crippen LogP contribution >= 0.6 is 0 Å². The highest BCUT2D eigenvalue weighted by atomic mass is 19.1. The molecule has 4 rings (SSSR count). The minimum Gasteiger partial charge on any atom is -0.465 e. The maximum Gasteiger partial charge on any atom is 0.405 e. The van der Waals surface area contributed by atoms with Gasteiger partial charge in [0.2, 0.25) is 0 Å². The Morgan fingerprint density at radius 2 is 1.85 bits per heavy atom. The van der Waals surface area contributed by atoms with Crippen LogP contribution in [0.1, 0.15) is 42.4 Å². The van der Waals surface area contributed by atoms with E-state index in [0.29, 0.717) is 27.6 Å². The Bertz CT molecular complexity index is 1690. The van der Waals surface area contributed by atoms with Crippen LogP contribution in [-0.2, 0) is 13.5 Å². The van der Waals surface area contributed by atoms with Crippen LogP contribution in [0.25, 0.3) is 22.0 Å². The van der Waals surface area contributed by atoms with E-state index in [2.05, 4.69) is 33.3 Å². The molecule has 2 aromatic carbocycles. The summed E-state index contributed by atoms with van der Waals surface area (Å²) in [5, 5.41) is 36.4. The van der Waals surface area contributed by atoms with Gasteiger partial charge in [-0.25, -0.2) is 18.6 Å². The summed E-state index contributed by atoms with van der Waals surface area (Å²) in [5.41, 5.74) is 7.22. The number of hydrogen-bond acceptors (Lipinski definition) is 6. The van der Waals surface area contributed by atoms with Crippen molar-refractivity contribution in [1.29, 1.82) is 5.26 Å². The predicted octanol–water partition coefficient (Wildman–Crippen LogP) is 4.04. The molecule has 39 heavy (non-hydrogen) atoms. The maximum atomic E-state index is 14.0. The number of aryl methyl sites for hydroxylation is 1. The van der Waals surface area contributed by atoms with Crippen LogP contribution in [0.15, 0.2) is 42.5 Å². The summed E-state index contributed by atoms with van der Waals surface area (Å²) in [6.45, 7) is 3.01. The molecular weight excluding hydrogens is 506 g/mol. The molecule has 1 atom stereocenters. The zero-order valence-electron chi connectivity index (χ0n) is 21.3. The normalized spacial score (nSPS) is 11.9. The van der Waals surface area contributed by atoms with Gasteiger partial charge in [-0.2, -0.15) is 10.4 Å². The van der Waals surface area contributed by atoms with Gasteiger partial charge in [-0.1, -0.05) is 12.0 Å². The predicted molar refractivity (Wildman–Crippen MR) is 140 cm³/mol. The average Bonchev–Trinajstić information content (AvgIpc) is 3.14. The number of nitriles is 1. The molecule has 0 spiro atoms. The van der Waals surface area contributed by atoms with E-state index in [0.717, 1.165) is 18.2 Å². The minimum absolute atomic E-state index is 0.142. The number of nitrogens with one attached hydrogen (secondary N) is 1. The SMILES string of the molecule is Cn1nc(N)c2c(C#N)ccc(-c3ccc(C#CC(C)(C)O)nc3C(Cc3cc(F)cc(F)c3)NC(=O)O)c21. The molecule has 5 N–H and O–H groups in total. The van der Waals surface area contributed by atoms with Gasteiger partial charge in [0.25, 0.3) is 0 Å². The Kier molecular flexibility index (Phi) is 7.21. The molecule has 0 saturated carbocycles. The van der Waals surface area contributed by atoms with Crippen LogP contribution in [0.3, 0.4) is 0 Å². The van der Waals surface area contributed by atoms with Crippen molar-refractivity contribution in [1.82, 2.24) is 20.1 Å². The standard InChI is InChI=1S/C28H24F2N6O3/c1-28(2,39)9-8-19-5-7-20(21-6-4-16(14-31)23-25(21)36(3)35-26(23)32)24(33-19)22(34-27(37)38)12-15-10-17(29)13-18(30)11-15/h4-7,10-11,13,22,34,39H,12H2,1-3H3,(H2,32,35)(H,37,38). The van der Waals surface area contributed by atoms with Crippen LogP contribution in [0.5, 0.6) is 0 Å². The third-order valence-corrected chi connectivity index (χ3v) is 5.84. The number of nitrogen functional groups attached to an aromatic ring is 1. The van der Waals surface area contributed by atoms with Crippen molar-refractivity contribution in [3.8, 4) is 29.0 Å². The quantitative estimate of drug-likeness (QED) is 0.284. The first kappa shape index (κ1) is 27.0. The van der Waals surface area contributed by atoms with Gasteiger partial charge in [0.15, 0.2) is 5.82 Å². The Hall–Kier alpha value is -5.00. The number of halogens is 2. The maximum absolute atomic E-state index is 14.0. The van der Waals surface area contributed by atoms with E-state index in [1.807, 2.05) is 0 Å². The van der Waals surface area contributed by atoms with Crippen molar-refractivity contribution in [3.63, 3.8) is 0 Å². The zero-order valence-corrected chi connectivity index (χ0v) is 21.3. The minimum atomic E-state index is -1.38. The smallest absolute Gasteiger partial charge is 0.405 e. The molecule has 9 nitrogen and oxygen atoms in total. The first-order chi connectivity index (χ1) is 18.4. The van der Waals surface area contributed by atoms with Crippen molar-refractivity contribution < 1.29 is 23.8 Å². The van der Waals surface area contributed by atoms with Gasteiger partial charge < -0.3 is 21.3 Å². The number of amides is 1. The summed E-state index contributed by atoms with van der Waals surface area (Å²) < 4.78 is 29.5. The van der Waals surface area contributed by atoms with Gasteiger partial charge in [-0.15, -0.1) is 0 Å². The van der Waals surface area contributed by atoms with E-state index in [-0.39, 0.29) is 29.2 Å². The number of carboxylic acid groups (broad SMARTS) is 1. The molecule has 0 bridgehead atoms. The van der Waals surface area contributed by atoms with E-state index < -0.39 is 29.4 Å². The highest BCUT2D eigenvalue weighted by molar-refractivity contribution is 6.03. The van der Waals surface area contributed by atoms with E-state index in [1.165, 1.54) is 18.5 Å². The second kappa shape index (κ2) is 10.4. The molecular formula is C28H24F2N6O3. The molecule has 2 aromatic heterocycles. The van der Waals surface area contributed by atoms with Crippen molar-refractivity contribution in [2.75, 3.05) is 5.73 Å². The molecule has 0 aliphatic carbocycles. The Labute approximate surface area is 222 Å². The van der Waals surface area contributed by atoms with Gasteiger partial charge in [-0.05, 0) is 62.1 Å². The highest BCUT2D eigenvalue weighted by Gasteiger charge is 2.25. The number of benzene rings is 2. The summed E-state index contributed by atoms with van der Waals surface area (Å²) in [6, 6.07) is 10.5. The number of hydrogen-bond donors (Lipinski definition) is 4. The first-order valence-electron chi connectivity index (χ1n) is 11.7. The second-order valence-electron chi connectivity index (χ2n) is 9.43. The molecule has 0 fully saturated rings. The Balaban J connectivity index is 2.00. The lowest BCUT2D eigenvalue weighted by molar-refractivity contribution is 0.143. The van der Waals surface area contributed by atoms with Gasteiger partial charge >= 0.3 is 6.09 Å². The van der Waals surface area contributed by atoms with E-state index in [9.17, 15) is 29.1 Å². The van der Waals surface area contributed by atoms with Crippen molar-refractivity contribution in [3.05, 3.63) is 76.6 Å². The number of anilines is 1. The number of fused-ring (bicyclic) bond motifs is 1. The van der Waals surface area contributed by atoms with Gasteiger partial charge in [0.1, 0.15) is 22.9 Å². The van der Waals surface area contributed by atoms with Crippen LogP contribution in [-0.4, -0.2) is 36.7 Å². The van der Waals surface area contributed by atoms with Crippen LogP contribution in [0, 0.1) is 34.8 Å². The summed E-state index contributed by atoms with van der Waals surface area (Å²) in [6.07, 6.45) is -1.52. The van der Waals surface area contributed by atoms with E-state index >= 15 is 0 Å². The monoisotopic (exact) mass is 530 g/mol. The highest BCUT2D eigenvalue weighted by Crippen LogP contribution is 2.37. The number of carbonyl (C=O) groups is 1. The second-order valence-corrected chi connectivity index (χ2v) is 9.43. The van der Waals surface area contributed by atoms with Crippen molar-refractivity contribution in [2.24, 2.45) is 7.05 Å². The largest absolute Gasteiger partial charge is 0.465 e. The number of pyridine rings is 1. The number of aliphatic hydroxyl groups is 1. The lowest BCUT2D eigenvalue weighted by atomic mass is 9.93. The molecule has 0 aliphatic heterocycles. The van der Waals surface area contributed by atoms with E-state index in [4.69, 9.17) is 5.73 Å². The summed E-state index contributed by atoms with van der Waals surface area (Å²) in [7, 11) is 1.65. The number of aromatic nitrogens is 3. The molecule has 2 heterocycles. The lowest BCUT2D eigenvalue weighted by Gasteiger charge is -2.21. The zero-order chi connectivity index (χ0) is 28.5. The summed E-state index contributed by atoms with van der Waals surface area (Å²) in [4.78, 5) is 16.4. The van der Waals surface area contributed by atoms with Gasteiger partial charge in [-0.3, -0.25) is 4.68 Å². The third kappa shape index (κ3) is 5.95. The number of nitrogens with two attached hydrogens (primary N) is 1. The van der Waals surface area contributed by atoms with E-state index in [1.54, 1.807) is 31.3 Å². The first-order valence-corrected chi connectivity index (χ1v) is 11.7. The molecule has 1 unspecified atom stereocenters. The molecule has 1 amide bonds. The fourth-order valence-corrected chi connectivity index (χ4v) is 4.34. The third-order valence-electron chi connectivity index (χ3n) is 5.84. The van der Waals surface area contributed by atoms with Crippen molar-refractivity contribution >= 4 is 22.8 Å². The Morgan fingerprint density at radius 3 is 2.46 bits per heavy atom. The average molecular weight is 531 g/mol. The van der Waals surface area contributed by atoms with Crippen molar-refractivity contribution in [2.45, 2.75) is 31.9 Å². The molecule has 4 aromatic rings. The van der Waals surface area contributed by atoms with Crippen LogP contribution in [0.2, 0.25) is 0 Å². The van der Waals surface area contributed by atoms with Gasteiger partial charge in [0, 0.05) is 24.2 Å². The molecule has 0 aliphatic rings. The summed E-state index contributed by atoms with van der Waals surface area (Å²) >= 11 is 0. The van der Waals surface area contributed by atoms with Gasteiger partial charge in [0.05, 0.1) is 34.3 Å².